The Balaban J connectivity index is 1.55. The lowest BCUT2D eigenvalue weighted by molar-refractivity contribution is -0.00803. The summed E-state index contributed by atoms with van der Waals surface area (Å²) in [7, 11) is 1.90. The number of aliphatic imine (C=N–C) groups is 1. The lowest BCUT2D eigenvalue weighted by atomic mass is 10.1. The van der Waals surface area contributed by atoms with E-state index in [4.69, 9.17) is 4.74 Å². The summed E-state index contributed by atoms with van der Waals surface area (Å²) in [6.45, 7) is 5.86. The molecule has 0 saturated carbocycles. The van der Waals surface area contributed by atoms with E-state index >= 15 is 0 Å². The average Bonchev–Trinajstić information content (AvgIpc) is 3.17. The van der Waals surface area contributed by atoms with E-state index < -0.39 is 0 Å². The van der Waals surface area contributed by atoms with Gasteiger partial charge in [0, 0.05) is 50.8 Å². The fourth-order valence-electron chi connectivity index (χ4n) is 3.01. The number of aryl methyl sites for hydroxylation is 1. The van der Waals surface area contributed by atoms with Crippen molar-refractivity contribution in [2.24, 2.45) is 12.0 Å². The number of nitrogens with zero attached hydrogens (tertiary/aromatic N) is 5. The van der Waals surface area contributed by atoms with Crippen LogP contribution in [-0.2, 0) is 11.8 Å². The number of carbonyl (C=O) groups is 1. The van der Waals surface area contributed by atoms with Crippen molar-refractivity contribution in [1.29, 1.82) is 0 Å². The van der Waals surface area contributed by atoms with Crippen LogP contribution in [0.15, 0.2) is 41.9 Å². The topological polar surface area (TPSA) is 96.7 Å². The van der Waals surface area contributed by atoms with Crippen molar-refractivity contribution in [2.75, 3.05) is 39.3 Å². The minimum Gasteiger partial charge on any atom is -0.370 e. The Morgan fingerprint density at radius 2 is 2.29 bits per heavy atom. The molecule has 150 valence electrons. The minimum absolute atomic E-state index is 0.0309. The zero-order chi connectivity index (χ0) is 19.8. The highest BCUT2D eigenvalue weighted by Crippen LogP contribution is 2.21. The maximum Gasteiger partial charge on any atom is 0.252 e. The zero-order valence-electron chi connectivity index (χ0n) is 16.3. The predicted molar refractivity (Wildman–Crippen MR) is 106 cm³/mol. The second-order valence-corrected chi connectivity index (χ2v) is 6.49. The Kier molecular flexibility index (Phi) is 6.96. The molecule has 1 amide bonds. The highest BCUT2D eigenvalue weighted by molar-refractivity contribution is 5.93. The summed E-state index contributed by atoms with van der Waals surface area (Å²) < 4.78 is 7.68. The third kappa shape index (κ3) is 5.29. The van der Waals surface area contributed by atoms with Gasteiger partial charge in [0.1, 0.15) is 6.10 Å². The van der Waals surface area contributed by atoms with Crippen LogP contribution in [0.2, 0.25) is 0 Å². The van der Waals surface area contributed by atoms with E-state index in [2.05, 4.69) is 30.6 Å². The first-order valence-electron chi connectivity index (χ1n) is 9.49. The van der Waals surface area contributed by atoms with Crippen LogP contribution in [0.4, 0.5) is 0 Å². The standard InChI is InChI=1S/C19H27N7O2/c1-3-21-19(23-8-7-22-18(27)15-5-4-6-20-11-15)26-9-10-28-17(14-26)16-12-24-25(2)13-16/h4-6,11-13,17H,3,7-10,14H2,1-2H3,(H,21,23)(H,22,27). The predicted octanol–water partition coefficient (Wildman–Crippen LogP) is 0.584. The second-order valence-electron chi connectivity index (χ2n) is 6.49. The van der Waals surface area contributed by atoms with Crippen LogP contribution in [0.3, 0.4) is 0 Å². The van der Waals surface area contributed by atoms with Crippen LogP contribution in [0.5, 0.6) is 0 Å². The number of hydrogen-bond donors (Lipinski definition) is 2. The molecule has 1 aliphatic heterocycles. The van der Waals surface area contributed by atoms with Crippen molar-refractivity contribution in [3.63, 3.8) is 0 Å². The third-order valence-electron chi connectivity index (χ3n) is 4.38. The number of amides is 1. The molecule has 0 aromatic carbocycles. The van der Waals surface area contributed by atoms with E-state index in [1.807, 2.05) is 26.4 Å². The summed E-state index contributed by atoms with van der Waals surface area (Å²) in [5.74, 6) is 0.687. The zero-order valence-corrected chi connectivity index (χ0v) is 16.3. The number of pyridine rings is 1. The molecular formula is C19H27N7O2. The summed E-state index contributed by atoms with van der Waals surface area (Å²) in [5.41, 5.74) is 1.61. The van der Waals surface area contributed by atoms with Crippen molar-refractivity contribution in [3.8, 4) is 0 Å². The smallest absolute Gasteiger partial charge is 0.252 e. The molecule has 3 heterocycles. The Morgan fingerprint density at radius 3 is 3.00 bits per heavy atom. The van der Waals surface area contributed by atoms with Gasteiger partial charge in [-0.25, -0.2) is 0 Å². The summed E-state index contributed by atoms with van der Waals surface area (Å²) in [4.78, 5) is 22.9. The summed E-state index contributed by atoms with van der Waals surface area (Å²) in [5, 5.41) is 10.4. The van der Waals surface area contributed by atoms with Gasteiger partial charge in [0.15, 0.2) is 5.96 Å². The second kappa shape index (κ2) is 9.84. The normalized spacial score (nSPS) is 17.4. The number of hydrogen-bond acceptors (Lipinski definition) is 5. The maximum absolute atomic E-state index is 12.1. The number of morpholine rings is 1. The molecule has 0 radical (unpaired) electrons. The molecule has 9 heteroatoms. The first-order valence-corrected chi connectivity index (χ1v) is 9.49. The summed E-state index contributed by atoms with van der Waals surface area (Å²) in [6.07, 6.45) is 6.98. The molecule has 1 aliphatic rings. The monoisotopic (exact) mass is 385 g/mol. The van der Waals surface area contributed by atoms with Gasteiger partial charge in [0.2, 0.25) is 0 Å². The van der Waals surface area contributed by atoms with E-state index in [-0.39, 0.29) is 12.0 Å². The SMILES string of the molecule is CCNC(=NCCNC(=O)c1cccnc1)N1CCOC(c2cnn(C)c2)C1. The van der Waals surface area contributed by atoms with Gasteiger partial charge in [-0.15, -0.1) is 0 Å². The third-order valence-corrected chi connectivity index (χ3v) is 4.38. The molecule has 0 bridgehead atoms. The van der Waals surface area contributed by atoms with E-state index in [0.717, 1.165) is 24.6 Å². The van der Waals surface area contributed by atoms with Crippen LogP contribution in [-0.4, -0.2) is 70.9 Å². The van der Waals surface area contributed by atoms with Crippen molar-refractivity contribution >= 4 is 11.9 Å². The highest BCUT2D eigenvalue weighted by Gasteiger charge is 2.25. The van der Waals surface area contributed by atoms with Crippen LogP contribution in [0.1, 0.15) is 28.9 Å². The fourth-order valence-corrected chi connectivity index (χ4v) is 3.01. The van der Waals surface area contributed by atoms with Crippen LogP contribution < -0.4 is 10.6 Å². The first-order chi connectivity index (χ1) is 13.7. The quantitative estimate of drug-likeness (QED) is 0.429. The molecule has 1 atom stereocenters. The van der Waals surface area contributed by atoms with Crippen molar-refractivity contribution in [3.05, 3.63) is 48.0 Å². The van der Waals surface area contributed by atoms with E-state index in [9.17, 15) is 4.79 Å². The van der Waals surface area contributed by atoms with Crippen molar-refractivity contribution in [1.82, 2.24) is 30.3 Å². The number of carbonyl (C=O) groups excluding carboxylic acids is 1. The van der Waals surface area contributed by atoms with Gasteiger partial charge in [-0.05, 0) is 19.1 Å². The lowest BCUT2D eigenvalue weighted by Crippen LogP contribution is -2.48. The molecule has 2 N–H and O–H groups in total. The van der Waals surface area contributed by atoms with Crippen LogP contribution >= 0.6 is 0 Å². The largest absolute Gasteiger partial charge is 0.370 e. The molecule has 0 spiro atoms. The number of rotatable bonds is 6. The van der Waals surface area contributed by atoms with Gasteiger partial charge in [0.25, 0.3) is 5.91 Å². The van der Waals surface area contributed by atoms with Gasteiger partial charge in [-0.3, -0.25) is 19.5 Å². The Labute approximate surface area is 164 Å². The van der Waals surface area contributed by atoms with Gasteiger partial charge in [-0.2, -0.15) is 5.10 Å². The number of ether oxygens (including phenoxy) is 1. The molecule has 3 rings (SSSR count). The number of guanidine groups is 1. The molecule has 1 saturated heterocycles. The molecule has 9 nitrogen and oxygen atoms in total. The van der Waals surface area contributed by atoms with Crippen molar-refractivity contribution < 1.29 is 9.53 Å². The number of nitrogens with one attached hydrogen (secondary N) is 2. The average molecular weight is 385 g/mol. The molecule has 1 fully saturated rings. The number of aromatic nitrogens is 3. The van der Waals surface area contributed by atoms with Crippen LogP contribution in [0.25, 0.3) is 0 Å². The lowest BCUT2D eigenvalue weighted by Gasteiger charge is -2.34. The highest BCUT2D eigenvalue weighted by atomic mass is 16.5. The Hall–Kier alpha value is -2.94. The van der Waals surface area contributed by atoms with E-state index in [0.29, 0.717) is 31.8 Å². The first kappa shape index (κ1) is 19.8. The molecule has 0 aliphatic carbocycles. The maximum atomic E-state index is 12.1. The van der Waals surface area contributed by atoms with Crippen LogP contribution in [0, 0.1) is 0 Å². The van der Waals surface area contributed by atoms with E-state index in [1.54, 1.807) is 29.2 Å². The molecule has 2 aromatic rings. The molecule has 2 aromatic heterocycles. The molecular weight excluding hydrogens is 358 g/mol. The Bertz CT molecular complexity index is 791. The molecule has 28 heavy (non-hydrogen) atoms. The van der Waals surface area contributed by atoms with Gasteiger partial charge in [-0.1, -0.05) is 0 Å². The van der Waals surface area contributed by atoms with Crippen molar-refractivity contribution in [2.45, 2.75) is 13.0 Å². The summed E-state index contributed by atoms with van der Waals surface area (Å²) in [6, 6.07) is 3.48. The fraction of sp³-hybridized carbons (Fsp3) is 0.474. The van der Waals surface area contributed by atoms with Gasteiger partial charge >= 0.3 is 0 Å². The summed E-state index contributed by atoms with van der Waals surface area (Å²) >= 11 is 0. The van der Waals surface area contributed by atoms with E-state index in [1.165, 1.54) is 0 Å². The molecule has 1 unspecified atom stereocenters. The Morgan fingerprint density at radius 1 is 1.39 bits per heavy atom. The van der Waals surface area contributed by atoms with Gasteiger partial charge < -0.3 is 20.3 Å². The van der Waals surface area contributed by atoms with Gasteiger partial charge in [0.05, 0.1) is 31.5 Å². The minimum atomic E-state index is -0.142.